The first-order valence-corrected chi connectivity index (χ1v) is 8.44. The molecule has 0 aliphatic carbocycles. The van der Waals surface area contributed by atoms with E-state index in [2.05, 4.69) is 10.1 Å². The average molecular weight is 342 g/mol. The summed E-state index contributed by atoms with van der Waals surface area (Å²) in [4.78, 5) is 26.8. The summed E-state index contributed by atoms with van der Waals surface area (Å²) in [7, 11) is 0. The van der Waals surface area contributed by atoms with Crippen LogP contribution in [0.4, 0.5) is 0 Å². The minimum atomic E-state index is -0.675. The highest BCUT2D eigenvalue weighted by Gasteiger charge is 2.19. The number of hydrogen-bond acceptors (Lipinski definition) is 5. The predicted molar refractivity (Wildman–Crippen MR) is 96.7 cm³/mol. The first kappa shape index (κ1) is 17.0. The van der Waals surface area contributed by atoms with Crippen LogP contribution in [0.2, 0.25) is 0 Å². The van der Waals surface area contributed by atoms with Crippen LogP contribution in [0, 0.1) is 6.92 Å². The third kappa shape index (κ3) is 3.35. The van der Waals surface area contributed by atoms with Gasteiger partial charge in [-0.05, 0) is 44.7 Å². The first-order chi connectivity index (χ1) is 12.0. The van der Waals surface area contributed by atoms with Crippen molar-refractivity contribution in [3.63, 3.8) is 0 Å². The van der Waals surface area contributed by atoms with Crippen LogP contribution in [0.1, 0.15) is 37.3 Å². The van der Waals surface area contributed by atoms with Crippen molar-refractivity contribution in [2.24, 2.45) is 5.10 Å². The zero-order chi connectivity index (χ0) is 18.0. The van der Waals surface area contributed by atoms with Crippen molar-refractivity contribution in [3.8, 4) is 11.6 Å². The van der Waals surface area contributed by atoms with Crippen LogP contribution in [0.25, 0.3) is 5.69 Å². The Hall–Kier alpha value is -2.83. The molecule has 3 rings (SSSR count). The van der Waals surface area contributed by atoms with E-state index >= 15 is 0 Å². The molecule has 1 saturated heterocycles. The maximum Gasteiger partial charge on any atom is 0.335 e. The Kier molecular flexibility index (Phi) is 4.74. The van der Waals surface area contributed by atoms with Gasteiger partial charge in [0.2, 0.25) is 5.88 Å². The zero-order valence-electron chi connectivity index (χ0n) is 14.5. The number of aromatic nitrogens is 2. The Morgan fingerprint density at radius 2 is 1.84 bits per heavy atom. The van der Waals surface area contributed by atoms with Crippen LogP contribution in [0.15, 0.2) is 39.0 Å². The van der Waals surface area contributed by atoms with Gasteiger partial charge in [0, 0.05) is 13.1 Å². The average Bonchev–Trinajstić information content (AvgIpc) is 2.57. The molecular formula is C18H22N4O3. The lowest BCUT2D eigenvalue weighted by Gasteiger charge is -2.24. The van der Waals surface area contributed by atoms with Crippen molar-refractivity contribution < 1.29 is 5.11 Å². The molecule has 1 fully saturated rings. The second kappa shape index (κ2) is 6.96. The molecule has 1 aliphatic rings. The Morgan fingerprint density at radius 3 is 2.52 bits per heavy atom. The molecule has 0 radical (unpaired) electrons. The van der Waals surface area contributed by atoms with Crippen molar-refractivity contribution in [2.75, 3.05) is 13.1 Å². The monoisotopic (exact) mass is 342 g/mol. The van der Waals surface area contributed by atoms with Crippen LogP contribution in [-0.4, -0.2) is 38.5 Å². The van der Waals surface area contributed by atoms with Gasteiger partial charge < -0.3 is 5.11 Å². The van der Waals surface area contributed by atoms with Crippen molar-refractivity contribution in [3.05, 3.63) is 56.2 Å². The number of aryl methyl sites for hydroxylation is 1. The van der Waals surface area contributed by atoms with Gasteiger partial charge in [0.1, 0.15) is 5.56 Å². The summed E-state index contributed by atoms with van der Waals surface area (Å²) in [6.07, 6.45) is 3.29. The number of nitrogens with zero attached hydrogens (tertiary/aromatic N) is 3. The molecule has 0 bridgehead atoms. The third-order valence-electron chi connectivity index (χ3n) is 4.43. The first-order valence-electron chi connectivity index (χ1n) is 8.44. The fraction of sp³-hybridized carbons (Fsp3) is 0.389. The second-order valence-electron chi connectivity index (χ2n) is 6.28. The summed E-state index contributed by atoms with van der Waals surface area (Å²) in [6.45, 7) is 5.16. The third-order valence-corrected chi connectivity index (χ3v) is 4.43. The number of piperidine rings is 1. The van der Waals surface area contributed by atoms with Gasteiger partial charge in [-0.15, -0.1) is 0 Å². The lowest BCUT2D eigenvalue weighted by atomic mass is 10.1. The maximum atomic E-state index is 12.3. The number of H-pyrrole nitrogens is 1. The highest BCUT2D eigenvalue weighted by Crippen LogP contribution is 2.20. The van der Waals surface area contributed by atoms with Gasteiger partial charge in [0.15, 0.2) is 0 Å². The molecule has 7 nitrogen and oxygen atoms in total. The summed E-state index contributed by atoms with van der Waals surface area (Å²) in [5.74, 6) is -0.388. The Bertz CT molecular complexity index is 921. The van der Waals surface area contributed by atoms with Gasteiger partial charge in [-0.2, -0.15) is 5.10 Å². The van der Waals surface area contributed by atoms with E-state index in [9.17, 15) is 14.7 Å². The minimum absolute atomic E-state index is 0.0217. The fourth-order valence-electron chi connectivity index (χ4n) is 3.13. The molecule has 7 heteroatoms. The van der Waals surface area contributed by atoms with Gasteiger partial charge in [-0.1, -0.05) is 18.2 Å². The molecule has 1 aliphatic heterocycles. The van der Waals surface area contributed by atoms with E-state index in [0.717, 1.165) is 36.1 Å². The van der Waals surface area contributed by atoms with Gasteiger partial charge >= 0.3 is 5.69 Å². The number of hydrazone groups is 1. The van der Waals surface area contributed by atoms with Crippen molar-refractivity contribution in [1.82, 2.24) is 14.6 Å². The number of rotatable bonds is 3. The molecule has 2 aromatic rings. The molecule has 2 N–H and O–H groups in total. The number of aromatic hydroxyl groups is 1. The number of para-hydroxylation sites is 1. The van der Waals surface area contributed by atoms with E-state index in [1.165, 1.54) is 6.42 Å². The fourth-order valence-corrected chi connectivity index (χ4v) is 3.13. The number of nitrogens with one attached hydrogen (secondary N) is 1. The summed E-state index contributed by atoms with van der Waals surface area (Å²) in [5.41, 5.74) is 0.435. The highest BCUT2D eigenvalue weighted by molar-refractivity contribution is 6.00. The van der Waals surface area contributed by atoms with Crippen LogP contribution < -0.4 is 11.2 Å². The molecule has 0 atom stereocenters. The van der Waals surface area contributed by atoms with Crippen LogP contribution >= 0.6 is 0 Å². The Balaban J connectivity index is 2.14. The van der Waals surface area contributed by atoms with Crippen molar-refractivity contribution in [1.29, 1.82) is 0 Å². The van der Waals surface area contributed by atoms with E-state index < -0.39 is 11.2 Å². The van der Waals surface area contributed by atoms with Gasteiger partial charge in [-0.25, -0.2) is 9.36 Å². The molecule has 25 heavy (non-hydrogen) atoms. The van der Waals surface area contributed by atoms with Gasteiger partial charge in [0.25, 0.3) is 5.56 Å². The molecule has 132 valence electrons. The zero-order valence-corrected chi connectivity index (χ0v) is 14.5. The molecule has 2 heterocycles. The van der Waals surface area contributed by atoms with E-state index in [0.29, 0.717) is 11.4 Å². The molecule has 0 amide bonds. The normalized spacial score (nSPS) is 15.4. The highest BCUT2D eigenvalue weighted by atomic mass is 16.3. The van der Waals surface area contributed by atoms with Crippen molar-refractivity contribution >= 4 is 5.71 Å². The van der Waals surface area contributed by atoms with E-state index in [4.69, 9.17) is 0 Å². The Morgan fingerprint density at radius 1 is 1.16 bits per heavy atom. The van der Waals surface area contributed by atoms with E-state index in [1.807, 2.05) is 24.1 Å². The summed E-state index contributed by atoms with van der Waals surface area (Å²) in [6, 6.07) is 7.17. The van der Waals surface area contributed by atoms with Crippen LogP contribution in [-0.2, 0) is 0 Å². The predicted octanol–water partition coefficient (Wildman–Crippen LogP) is 1.75. The molecular weight excluding hydrogens is 320 g/mol. The van der Waals surface area contributed by atoms with Crippen molar-refractivity contribution in [2.45, 2.75) is 33.1 Å². The Labute approximate surface area is 145 Å². The second-order valence-corrected chi connectivity index (χ2v) is 6.28. The maximum absolute atomic E-state index is 12.3. The number of benzene rings is 1. The molecule has 1 aromatic heterocycles. The van der Waals surface area contributed by atoms with Gasteiger partial charge in [0.05, 0.1) is 11.4 Å². The smallest absolute Gasteiger partial charge is 0.335 e. The summed E-state index contributed by atoms with van der Waals surface area (Å²) >= 11 is 0. The number of hydrogen-bond donors (Lipinski definition) is 2. The van der Waals surface area contributed by atoms with Gasteiger partial charge in [-0.3, -0.25) is 14.8 Å². The van der Waals surface area contributed by atoms with E-state index in [-0.39, 0.29) is 11.4 Å². The molecule has 0 saturated carbocycles. The lowest BCUT2D eigenvalue weighted by Crippen LogP contribution is -2.34. The molecule has 1 aromatic carbocycles. The quantitative estimate of drug-likeness (QED) is 0.832. The number of aromatic amines is 1. The van der Waals surface area contributed by atoms with Crippen LogP contribution in [0.5, 0.6) is 5.88 Å². The molecule has 0 spiro atoms. The van der Waals surface area contributed by atoms with E-state index in [1.54, 1.807) is 19.1 Å². The lowest BCUT2D eigenvalue weighted by molar-refractivity contribution is 0.239. The van der Waals surface area contributed by atoms with Crippen LogP contribution in [0.3, 0.4) is 0 Å². The largest absolute Gasteiger partial charge is 0.493 e. The SMILES string of the molecule is C/C(=N\N1CCCCC1)c1c(O)n(-c2ccccc2C)c(=O)[nH]c1=O. The summed E-state index contributed by atoms with van der Waals surface area (Å²) < 4.78 is 1.11. The topological polar surface area (TPSA) is 90.7 Å². The standard InChI is InChI=1S/C18H22N4O3/c1-12-8-4-5-9-14(12)22-17(24)15(16(23)19-18(22)25)13(2)20-21-10-6-3-7-11-21/h4-5,8-9,24H,3,6-7,10-11H2,1-2H3,(H,19,23,25)/b20-13+. The summed E-state index contributed by atoms with van der Waals surface area (Å²) in [5, 5.41) is 17.0. The molecule has 0 unspecified atom stereocenters. The minimum Gasteiger partial charge on any atom is -0.493 e.